The van der Waals surface area contributed by atoms with E-state index in [0.29, 0.717) is 5.82 Å². The van der Waals surface area contributed by atoms with Crippen LogP contribution >= 0.6 is 11.3 Å². The minimum atomic E-state index is -0.607. The Hall–Kier alpha value is -3.07. The fourth-order valence-electron chi connectivity index (χ4n) is 2.70. The van der Waals surface area contributed by atoms with Crippen LogP contribution in [0.5, 0.6) is 0 Å². The highest BCUT2D eigenvalue weighted by Crippen LogP contribution is 2.22. The molecule has 0 atom stereocenters. The molecule has 0 bridgehead atoms. The number of ether oxygens (including phenoxy) is 1. The first kappa shape index (κ1) is 19.7. The maximum absolute atomic E-state index is 12.2. The van der Waals surface area contributed by atoms with Gasteiger partial charge in [0.15, 0.2) is 13.2 Å². The number of esters is 1. The summed E-state index contributed by atoms with van der Waals surface area (Å²) in [6.07, 6.45) is 1.60. The van der Waals surface area contributed by atoms with Crippen LogP contribution in [0, 0.1) is 0 Å². The monoisotopic (exact) mass is 399 g/mol. The molecule has 0 fully saturated rings. The van der Waals surface area contributed by atoms with E-state index in [-0.39, 0.29) is 19.1 Å². The molecule has 0 radical (unpaired) electrons. The van der Waals surface area contributed by atoms with Crippen LogP contribution in [0.15, 0.2) is 35.7 Å². The highest BCUT2D eigenvalue weighted by molar-refractivity contribution is 7.13. The Labute approximate surface area is 166 Å². The maximum atomic E-state index is 12.2. The number of aromatic nitrogens is 4. The molecule has 146 valence electrons. The minimum Gasteiger partial charge on any atom is -0.454 e. The first-order chi connectivity index (χ1) is 13.6. The number of nitrogens with zero attached hydrogens (tertiary/aromatic N) is 4. The summed E-state index contributed by atoms with van der Waals surface area (Å²) in [6.45, 7) is 3.48. The van der Waals surface area contributed by atoms with Crippen molar-refractivity contribution in [2.24, 2.45) is 0 Å². The van der Waals surface area contributed by atoms with E-state index in [2.05, 4.69) is 20.7 Å². The van der Waals surface area contributed by atoms with Crippen molar-refractivity contribution in [2.75, 3.05) is 11.9 Å². The average molecular weight is 399 g/mol. The quantitative estimate of drug-likeness (QED) is 0.585. The van der Waals surface area contributed by atoms with Gasteiger partial charge >= 0.3 is 5.97 Å². The van der Waals surface area contributed by atoms with Gasteiger partial charge in [-0.1, -0.05) is 38.1 Å². The van der Waals surface area contributed by atoms with Crippen molar-refractivity contribution in [2.45, 2.75) is 33.2 Å². The van der Waals surface area contributed by atoms with E-state index < -0.39 is 5.97 Å². The molecule has 0 spiro atoms. The fraction of sp³-hybridized carbons (Fsp3) is 0.316. The zero-order valence-corrected chi connectivity index (χ0v) is 16.5. The number of amides is 1. The van der Waals surface area contributed by atoms with Crippen LogP contribution in [0.2, 0.25) is 0 Å². The number of aryl methyl sites for hydroxylation is 2. The Morgan fingerprint density at radius 3 is 2.54 bits per heavy atom. The molecule has 28 heavy (non-hydrogen) atoms. The predicted molar refractivity (Wildman–Crippen MR) is 106 cm³/mol. The summed E-state index contributed by atoms with van der Waals surface area (Å²) in [5.74, 6) is -0.539. The molecule has 0 aliphatic rings. The lowest BCUT2D eigenvalue weighted by Crippen LogP contribution is -2.24. The van der Waals surface area contributed by atoms with E-state index in [1.54, 1.807) is 0 Å². The summed E-state index contributed by atoms with van der Waals surface area (Å²) in [5, 5.41) is 16.6. The number of nitrogens with one attached hydrogen (secondary N) is 1. The molecule has 1 aromatic carbocycles. The molecule has 2 aromatic heterocycles. The second-order valence-corrected chi connectivity index (χ2v) is 6.94. The summed E-state index contributed by atoms with van der Waals surface area (Å²) >= 11 is 1.48. The van der Waals surface area contributed by atoms with Crippen molar-refractivity contribution in [3.05, 3.63) is 46.8 Å². The van der Waals surface area contributed by atoms with Gasteiger partial charge in [-0.05, 0) is 40.6 Å². The lowest BCUT2D eigenvalue weighted by atomic mass is 10.0. The number of tetrazole rings is 1. The van der Waals surface area contributed by atoms with Gasteiger partial charge in [-0.2, -0.15) is 4.80 Å². The second kappa shape index (κ2) is 9.23. The highest BCUT2D eigenvalue weighted by Gasteiger charge is 2.14. The van der Waals surface area contributed by atoms with E-state index >= 15 is 0 Å². The number of hydrogen-bond donors (Lipinski definition) is 1. The minimum absolute atomic E-state index is 0.211. The van der Waals surface area contributed by atoms with Crippen LogP contribution in [0.25, 0.3) is 10.7 Å². The van der Waals surface area contributed by atoms with Crippen LogP contribution in [0.1, 0.15) is 25.0 Å². The average Bonchev–Trinajstić information content (AvgIpc) is 3.38. The molecular formula is C19H21N5O3S. The Morgan fingerprint density at radius 2 is 1.89 bits per heavy atom. The molecule has 1 N–H and O–H groups in total. The van der Waals surface area contributed by atoms with Crippen LogP contribution in [-0.4, -0.2) is 38.7 Å². The van der Waals surface area contributed by atoms with E-state index in [9.17, 15) is 9.59 Å². The summed E-state index contributed by atoms with van der Waals surface area (Å²) in [7, 11) is 0. The number of carbonyl (C=O) groups is 2. The zero-order valence-electron chi connectivity index (χ0n) is 15.7. The Bertz CT molecular complexity index is 930. The highest BCUT2D eigenvalue weighted by atomic mass is 32.1. The van der Waals surface area contributed by atoms with Gasteiger partial charge in [-0.3, -0.25) is 4.79 Å². The third kappa shape index (κ3) is 4.80. The van der Waals surface area contributed by atoms with Gasteiger partial charge in [0.25, 0.3) is 5.91 Å². The van der Waals surface area contributed by atoms with Gasteiger partial charge in [0.2, 0.25) is 5.82 Å². The topological polar surface area (TPSA) is 99.0 Å². The van der Waals surface area contributed by atoms with Crippen molar-refractivity contribution in [3.8, 4) is 10.7 Å². The van der Waals surface area contributed by atoms with E-state index in [1.807, 2.05) is 49.6 Å². The molecule has 0 aliphatic carbocycles. The molecule has 1 amide bonds. The van der Waals surface area contributed by atoms with Crippen molar-refractivity contribution < 1.29 is 14.3 Å². The van der Waals surface area contributed by atoms with E-state index in [0.717, 1.165) is 39.3 Å². The Balaban J connectivity index is 1.53. The number of carbonyl (C=O) groups excluding carboxylic acids is 2. The van der Waals surface area contributed by atoms with Crippen molar-refractivity contribution in [1.29, 1.82) is 0 Å². The van der Waals surface area contributed by atoms with Crippen LogP contribution < -0.4 is 5.32 Å². The van der Waals surface area contributed by atoms with Gasteiger partial charge < -0.3 is 10.1 Å². The zero-order chi connectivity index (χ0) is 19.9. The standard InChI is InChI=1S/C19H21N5O3S/c1-3-13-7-5-8-14(4-2)18(13)20-16(25)12-27-17(26)11-24-22-19(21-23-24)15-9-6-10-28-15/h5-10H,3-4,11-12H2,1-2H3,(H,20,25). The van der Waals surface area contributed by atoms with Crippen LogP contribution in [0.4, 0.5) is 5.69 Å². The summed E-state index contributed by atoms with van der Waals surface area (Å²) < 4.78 is 5.05. The smallest absolute Gasteiger partial charge is 0.330 e. The summed E-state index contributed by atoms with van der Waals surface area (Å²) in [5.41, 5.74) is 2.89. The van der Waals surface area contributed by atoms with Crippen molar-refractivity contribution in [3.63, 3.8) is 0 Å². The molecule has 0 saturated heterocycles. The molecule has 0 unspecified atom stereocenters. The number of thiophene rings is 1. The van der Waals surface area contributed by atoms with Gasteiger partial charge in [-0.25, -0.2) is 4.79 Å². The van der Waals surface area contributed by atoms with Crippen LogP contribution in [0.3, 0.4) is 0 Å². The molecule has 2 heterocycles. The van der Waals surface area contributed by atoms with E-state index in [1.165, 1.54) is 11.3 Å². The van der Waals surface area contributed by atoms with Gasteiger partial charge in [0.05, 0.1) is 4.88 Å². The molecule has 0 aliphatic heterocycles. The lowest BCUT2D eigenvalue weighted by Gasteiger charge is -2.14. The third-order valence-corrected chi connectivity index (χ3v) is 4.96. The van der Waals surface area contributed by atoms with Gasteiger partial charge in [0.1, 0.15) is 0 Å². The van der Waals surface area contributed by atoms with Crippen molar-refractivity contribution >= 4 is 28.9 Å². The lowest BCUT2D eigenvalue weighted by molar-refractivity contribution is -0.148. The maximum Gasteiger partial charge on any atom is 0.330 e. The molecule has 3 rings (SSSR count). The summed E-state index contributed by atoms with van der Waals surface area (Å²) in [4.78, 5) is 26.2. The fourth-order valence-corrected chi connectivity index (χ4v) is 3.35. The third-order valence-electron chi connectivity index (χ3n) is 4.09. The number of hydrogen-bond acceptors (Lipinski definition) is 7. The molecule has 8 nitrogen and oxygen atoms in total. The number of rotatable bonds is 8. The van der Waals surface area contributed by atoms with Crippen molar-refractivity contribution in [1.82, 2.24) is 20.2 Å². The Kier molecular flexibility index (Phi) is 6.49. The normalized spacial score (nSPS) is 10.6. The second-order valence-electron chi connectivity index (χ2n) is 5.99. The first-order valence-electron chi connectivity index (χ1n) is 8.98. The van der Waals surface area contributed by atoms with E-state index in [4.69, 9.17) is 4.74 Å². The molecule has 0 saturated carbocycles. The predicted octanol–water partition coefficient (Wildman–Crippen LogP) is 2.71. The number of benzene rings is 1. The van der Waals surface area contributed by atoms with Crippen LogP contribution in [-0.2, 0) is 33.7 Å². The molecule has 3 aromatic rings. The van der Waals surface area contributed by atoms with Gasteiger partial charge in [0, 0.05) is 5.69 Å². The van der Waals surface area contributed by atoms with Gasteiger partial charge in [-0.15, -0.1) is 21.5 Å². The molecule has 9 heteroatoms. The number of anilines is 1. The SMILES string of the molecule is CCc1cccc(CC)c1NC(=O)COC(=O)Cn1nnc(-c2cccs2)n1. The largest absolute Gasteiger partial charge is 0.454 e. The Morgan fingerprint density at radius 1 is 1.14 bits per heavy atom. The summed E-state index contributed by atoms with van der Waals surface area (Å²) in [6, 6.07) is 9.68. The number of para-hydroxylation sites is 1. The molecular weight excluding hydrogens is 378 g/mol. The first-order valence-corrected chi connectivity index (χ1v) is 9.86.